The van der Waals surface area contributed by atoms with Crippen molar-refractivity contribution in [1.29, 1.82) is 0 Å². The molecule has 37 heavy (non-hydrogen) atoms. The first-order valence-electron chi connectivity index (χ1n) is 13.5. The molecule has 5 atom stereocenters. The molecule has 4 fully saturated rings. The van der Waals surface area contributed by atoms with E-state index in [0.29, 0.717) is 24.8 Å². The number of hydrogen-bond acceptors (Lipinski definition) is 4. The Hall–Kier alpha value is -2.72. The lowest BCUT2D eigenvalue weighted by molar-refractivity contribution is -0.199. The van der Waals surface area contributed by atoms with E-state index in [1.807, 2.05) is 52.8 Å². The molecule has 1 aromatic carbocycles. The normalized spacial score (nSPS) is 35.4. The number of fused-ring (bicyclic) bond motifs is 1. The van der Waals surface area contributed by atoms with Crippen LogP contribution in [0.3, 0.4) is 0 Å². The van der Waals surface area contributed by atoms with Gasteiger partial charge in [0.1, 0.15) is 11.4 Å². The predicted molar refractivity (Wildman–Crippen MR) is 149 cm³/mol. The number of carbonyl (C=O) groups excluding carboxylic acids is 2. The fraction of sp³-hybridized carbons (Fsp3) is 0.515. The third-order valence-corrected chi connectivity index (χ3v) is 9.50. The number of carbonyl (C=O) groups is 2. The zero-order valence-corrected chi connectivity index (χ0v) is 23.3. The fourth-order valence-corrected chi connectivity index (χ4v) is 7.64. The molecule has 0 radical (unpaired) electrons. The van der Waals surface area contributed by atoms with Gasteiger partial charge in [-0.1, -0.05) is 66.1 Å². The molecule has 0 aromatic heterocycles. The van der Waals surface area contributed by atoms with Crippen LogP contribution in [-0.4, -0.2) is 27.4 Å². The highest BCUT2D eigenvalue weighted by Gasteiger charge is 2.85. The molecule has 5 rings (SSSR count). The average Bonchev–Trinajstić information content (AvgIpc) is 2.98. The van der Waals surface area contributed by atoms with E-state index in [4.69, 9.17) is 0 Å². The van der Waals surface area contributed by atoms with Crippen LogP contribution in [0.25, 0.3) is 5.76 Å². The lowest BCUT2D eigenvalue weighted by Gasteiger charge is -2.63. The first-order valence-corrected chi connectivity index (χ1v) is 13.5. The van der Waals surface area contributed by atoms with E-state index in [0.717, 1.165) is 29.6 Å². The molecule has 2 N–H and O–H groups in total. The first-order chi connectivity index (χ1) is 17.3. The minimum atomic E-state index is -1.77. The molecule has 0 heterocycles. The summed E-state index contributed by atoms with van der Waals surface area (Å²) in [5, 5.41) is 24.7. The summed E-state index contributed by atoms with van der Waals surface area (Å²) in [4.78, 5) is 29.1. The fourth-order valence-electron chi connectivity index (χ4n) is 7.64. The van der Waals surface area contributed by atoms with E-state index in [9.17, 15) is 19.8 Å². The van der Waals surface area contributed by atoms with Gasteiger partial charge in [0, 0.05) is 11.0 Å². The molecule has 0 saturated heterocycles. The number of hydrogen-bond donors (Lipinski definition) is 2. The quantitative estimate of drug-likeness (QED) is 0.169. The number of Topliss-reactive ketones (excluding diaryl/α,β-unsaturated/α-hetero) is 2. The Bertz CT molecular complexity index is 1230. The van der Waals surface area contributed by atoms with Crippen LogP contribution in [-0.2, 0) is 9.59 Å². The van der Waals surface area contributed by atoms with Crippen LogP contribution in [0.2, 0.25) is 0 Å². The molecule has 198 valence electrons. The van der Waals surface area contributed by atoms with Gasteiger partial charge in [0.05, 0.1) is 16.4 Å². The van der Waals surface area contributed by atoms with Crippen LogP contribution >= 0.6 is 0 Å². The van der Waals surface area contributed by atoms with Crippen molar-refractivity contribution >= 4 is 17.3 Å². The third-order valence-electron chi connectivity index (χ3n) is 9.50. The van der Waals surface area contributed by atoms with Gasteiger partial charge in [0.15, 0.2) is 11.6 Å². The van der Waals surface area contributed by atoms with Gasteiger partial charge in [-0.3, -0.25) is 9.59 Å². The maximum Gasteiger partial charge on any atom is 0.179 e. The largest absolute Gasteiger partial charge is 0.507 e. The van der Waals surface area contributed by atoms with E-state index in [1.165, 1.54) is 0 Å². The number of aliphatic hydroxyl groups is 2. The standard InChI is InChI=1S/C33H42O4/c1-21(2)13-14-25-19-32(18-16-23(5)6)29(36)31(17-15-22(3)4)20-30(25,7)33(32,37)26(28(31)35)27(34)24-11-9-8-10-12-24/h8-12,15-16,25,34,37H,1,13-14,17-20H2,2-7H3/b27-26+/t25-,30-,31-,32+,33+/m1/s1. The second-order valence-electron chi connectivity index (χ2n) is 12.6. The molecule has 0 unspecified atom stereocenters. The number of rotatable bonds is 8. The smallest absolute Gasteiger partial charge is 0.179 e. The van der Waals surface area contributed by atoms with Crippen molar-refractivity contribution in [2.45, 2.75) is 85.7 Å². The van der Waals surface area contributed by atoms with Gasteiger partial charge in [-0.15, -0.1) is 6.58 Å². The van der Waals surface area contributed by atoms with Gasteiger partial charge in [-0.2, -0.15) is 0 Å². The van der Waals surface area contributed by atoms with Gasteiger partial charge in [0.2, 0.25) is 0 Å². The van der Waals surface area contributed by atoms with Gasteiger partial charge in [0.25, 0.3) is 0 Å². The highest BCUT2D eigenvalue weighted by Crippen LogP contribution is 2.78. The zero-order valence-electron chi connectivity index (χ0n) is 23.3. The van der Waals surface area contributed by atoms with Gasteiger partial charge >= 0.3 is 0 Å². The zero-order chi connectivity index (χ0) is 27.4. The SMILES string of the molecule is C=C(C)CC[C@@H]1C[C@@]2(CC=C(C)C)C(=O)[C@]3(CC=C(C)C)C[C@@]1(C)[C@@]2(O)/C(=C(/O)c1ccccc1)C3=O. The number of allylic oxidation sites excluding steroid dienone is 5. The van der Waals surface area contributed by atoms with E-state index in [2.05, 4.69) is 13.5 Å². The average molecular weight is 503 g/mol. The lowest BCUT2D eigenvalue weighted by Crippen LogP contribution is -2.74. The van der Waals surface area contributed by atoms with Gasteiger partial charge < -0.3 is 10.2 Å². The van der Waals surface area contributed by atoms with Crippen molar-refractivity contribution in [1.82, 2.24) is 0 Å². The van der Waals surface area contributed by atoms with Crippen molar-refractivity contribution in [2.24, 2.45) is 22.2 Å². The summed E-state index contributed by atoms with van der Waals surface area (Å²) in [6.07, 6.45) is 6.99. The minimum absolute atomic E-state index is 0.00367. The maximum absolute atomic E-state index is 14.7. The summed E-state index contributed by atoms with van der Waals surface area (Å²) in [5.41, 5.74) is -1.34. The highest BCUT2D eigenvalue weighted by atomic mass is 16.3. The summed E-state index contributed by atoms with van der Waals surface area (Å²) in [6.45, 7) is 16.1. The molecule has 4 bridgehead atoms. The van der Waals surface area contributed by atoms with Crippen molar-refractivity contribution in [3.63, 3.8) is 0 Å². The molecule has 4 nitrogen and oxygen atoms in total. The summed E-state index contributed by atoms with van der Waals surface area (Å²) in [7, 11) is 0. The second-order valence-corrected chi connectivity index (χ2v) is 12.6. The molecule has 0 amide bonds. The van der Waals surface area contributed by atoms with Crippen molar-refractivity contribution in [3.8, 4) is 0 Å². The number of ketones is 2. The number of benzene rings is 1. The monoisotopic (exact) mass is 502 g/mol. The Morgan fingerprint density at radius 2 is 1.62 bits per heavy atom. The molecule has 1 aromatic rings. The van der Waals surface area contributed by atoms with E-state index < -0.39 is 27.6 Å². The number of aliphatic hydroxyl groups excluding tert-OH is 1. The van der Waals surface area contributed by atoms with Crippen LogP contribution in [0.1, 0.15) is 85.6 Å². The van der Waals surface area contributed by atoms with Crippen molar-refractivity contribution in [2.75, 3.05) is 0 Å². The van der Waals surface area contributed by atoms with E-state index >= 15 is 0 Å². The summed E-state index contributed by atoms with van der Waals surface area (Å²) < 4.78 is 0. The summed E-state index contributed by atoms with van der Waals surface area (Å²) in [5.74, 6) is -0.758. The Labute approximate surface area is 221 Å². The third kappa shape index (κ3) is 3.74. The first kappa shape index (κ1) is 27.3. The molecule has 0 aliphatic heterocycles. The highest BCUT2D eigenvalue weighted by molar-refractivity contribution is 6.24. The predicted octanol–water partition coefficient (Wildman–Crippen LogP) is 7.31. The summed E-state index contributed by atoms with van der Waals surface area (Å²) in [6, 6.07) is 8.95. The molecular formula is C33H42O4. The van der Waals surface area contributed by atoms with E-state index in [1.54, 1.807) is 24.3 Å². The Morgan fingerprint density at radius 3 is 2.19 bits per heavy atom. The molecule has 4 aliphatic rings. The van der Waals surface area contributed by atoms with E-state index in [-0.39, 0.29) is 29.5 Å². The van der Waals surface area contributed by atoms with Crippen LogP contribution in [0.15, 0.2) is 71.4 Å². The summed E-state index contributed by atoms with van der Waals surface area (Å²) >= 11 is 0. The molecule has 4 saturated carbocycles. The molecule has 4 heteroatoms. The van der Waals surface area contributed by atoms with Crippen LogP contribution in [0.5, 0.6) is 0 Å². The lowest BCUT2D eigenvalue weighted by atomic mass is 9.38. The topological polar surface area (TPSA) is 74.6 Å². The molecule has 0 spiro atoms. The molecular weight excluding hydrogens is 460 g/mol. The maximum atomic E-state index is 14.7. The molecule has 4 aliphatic carbocycles. The Balaban J connectivity index is 2.08. The Morgan fingerprint density at radius 1 is 1.03 bits per heavy atom. The van der Waals surface area contributed by atoms with Crippen molar-refractivity contribution < 1.29 is 19.8 Å². The van der Waals surface area contributed by atoms with Crippen molar-refractivity contribution in [3.05, 3.63) is 76.9 Å². The van der Waals surface area contributed by atoms with Crippen LogP contribution < -0.4 is 0 Å². The minimum Gasteiger partial charge on any atom is -0.507 e. The second kappa shape index (κ2) is 9.23. The Kier molecular flexibility index (Phi) is 6.82. The van der Waals surface area contributed by atoms with Gasteiger partial charge in [-0.05, 0) is 79.1 Å². The van der Waals surface area contributed by atoms with Gasteiger partial charge in [-0.25, -0.2) is 0 Å². The van der Waals surface area contributed by atoms with Crippen LogP contribution in [0, 0.1) is 22.2 Å². The van der Waals surface area contributed by atoms with Crippen LogP contribution in [0.4, 0.5) is 0 Å².